The average Bonchev–Trinajstić information content (AvgIpc) is 2.57. The van der Waals surface area contributed by atoms with E-state index in [0.717, 1.165) is 0 Å². The molecule has 1 aromatic rings. The second kappa shape index (κ2) is 10.0. The molecule has 1 amide bonds. The number of ether oxygens (including phenoxy) is 2. The molecule has 0 saturated heterocycles. The summed E-state index contributed by atoms with van der Waals surface area (Å²) in [6.07, 6.45) is -2.32. The Kier molecular flexibility index (Phi) is 8.39. The third kappa shape index (κ3) is 6.73. The molecular formula is C14H16Cl2N2O7. The third-order valence-electron chi connectivity index (χ3n) is 3.00. The average molecular weight is 395 g/mol. The maximum atomic E-state index is 11.7. The van der Waals surface area contributed by atoms with E-state index in [-0.39, 0.29) is 17.9 Å². The SMILES string of the molecule is CCOC(=O)OCC(NC(=O)C(Cl)Cl)C(O)c1ccc([N+](=O)[O-])cc1. The molecule has 2 unspecified atom stereocenters. The highest BCUT2D eigenvalue weighted by atomic mass is 35.5. The van der Waals surface area contributed by atoms with Crippen LogP contribution in [0.1, 0.15) is 18.6 Å². The Labute approximate surface area is 153 Å². The Morgan fingerprint density at radius 2 is 1.88 bits per heavy atom. The number of rotatable bonds is 8. The molecule has 1 aromatic carbocycles. The standard InChI is InChI=1S/C14H16Cl2N2O7/c1-2-24-14(21)25-7-10(17-13(20)12(15)16)11(19)8-3-5-9(6-4-8)18(22)23/h3-6,10-12,19H,2,7H2,1H3,(H,17,20). The molecule has 0 aliphatic rings. The van der Waals surface area contributed by atoms with Gasteiger partial charge in [-0.3, -0.25) is 14.9 Å². The zero-order chi connectivity index (χ0) is 19.0. The lowest BCUT2D eigenvalue weighted by molar-refractivity contribution is -0.384. The van der Waals surface area contributed by atoms with Gasteiger partial charge in [0.15, 0.2) is 4.84 Å². The molecule has 2 N–H and O–H groups in total. The zero-order valence-corrected chi connectivity index (χ0v) is 14.6. The van der Waals surface area contributed by atoms with E-state index >= 15 is 0 Å². The second-order valence-corrected chi connectivity index (χ2v) is 5.80. The third-order valence-corrected chi connectivity index (χ3v) is 3.39. The first kappa shape index (κ1) is 20.9. The number of alkyl halides is 2. The minimum absolute atomic E-state index is 0.0895. The van der Waals surface area contributed by atoms with Crippen molar-refractivity contribution in [2.24, 2.45) is 0 Å². The highest BCUT2D eigenvalue weighted by Gasteiger charge is 2.27. The summed E-state index contributed by atoms with van der Waals surface area (Å²) in [6, 6.07) is 3.90. The number of hydrogen-bond donors (Lipinski definition) is 2. The molecule has 0 bridgehead atoms. The van der Waals surface area contributed by atoms with Crippen LogP contribution in [-0.4, -0.2) is 46.2 Å². The van der Waals surface area contributed by atoms with Gasteiger partial charge in [-0.2, -0.15) is 0 Å². The number of aliphatic hydroxyl groups is 1. The molecule has 0 spiro atoms. The highest BCUT2D eigenvalue weighted by Crippen LogP contribution is 2.21. The zero-order valence-electron chi connectivity index (χ0n) is 13.1. The number of aliphatic hydroxyl groups excluding tert-OH is 1. The summed E-state index contributed by atoms with van der Waals surface area (Å²) in [5.74, 6) is -0.804. The van der Waals surface area contributed by atoms with Gasteiger partial charge in [0.05, 0.1) is 17.6 Å². The lowest BCUT2D eigenvalue weighted by Gasteiger charge is -2.24. The fraction of sp³-hybridized carbons (Fsp3) is 0.429. The normalized spacial score (nSPS) is 13.0. The van der Waals surface area contributed by atoms with E-state index in [0.29, 0.717) is 0 Å². The van der Waals surface area contributed by atoms with Crippen LogP contribution in [0.5, 0.6) is 0 Å². The summed E-state index contributed by atoms with van der Waals surface area (Å²) in [6.45, 7) is 1.24. The summed E-state index contributed by atoms with van der Waals surface area (Å²) in [4.78, 5) is 31.6. The van der Waals surface area contributed by atoms with Crippen molar-refractivity contribution < 1.29 is 29.1 Å². The topological polar surface area (TPSA) is 128 Å². The molecule has 0 aromatic heterocycles. The number of nitrogens with zero attached hydrogens (tertiary/aromatic N) is 1. The van der Waals surface area contributed by atoms with Crippen molar-refractivity contribution in [1.82, 2.24) is 5.32 Å². The first-order valence-corrected chi connectivity index (χ1v) is 7.94. The molecule has 25 heavy (non-hydrogen) atoms. The van der Waals surface area contributed by atoms with Gasteiger partial charge in [-0.15, -0.1) is 0 Å². The van der Waals surface area contributed by atoms with E-state index in [4.69, 9.17) is 27.9 Å². The largest absolute Gasteiger partial charge is 0.508 e. The lowest BCUT2D eigenvalue weighted by Crippen LogP contribution is -2.45. The van der Waals surface area contributed by atoms with Gasteiger partial charge in [-0.05, 0) is 24.6 Å². The van der Waals surface area contributed by atoms with Gasteiger partial charge in [0.2, 0.25) is 0 Å². The smallest absolute Gasteiger partial charge is 0.435 e. The molecule has 2 atom stereocenters. The van der Waals surface area contributed by atoms with Gasteiger partial charge in [-0.1, -0.05) is 23.2 Å². The molecule has 0 aliphatic heterocycles. The molecule has 1 rings (SSSR count). The van der Waals surface area contributed by atoms with Crippen LogP contribution in [0.15, 0.2) is 24.3 Å². The van der Waals surface area contributed by atoms with Crippen LogP contribution in [0.3, 0.4) is 0 Å². The van der Waals surface area contributed by atoms with Gasteiger partial charge in [0.25, 0.3) is 11.6 Å². The number of nitrogens with one attached hydrogen (secondary N) is 1. The summed E-state index contributed by atoms with van der Waals surface area (Å²) in [5, 5.41) is 23.4. The summed E-state index contributed by atoms with van der Waals surface area (Å²) in [7, 11) is 0. The van der Waals surface area contributed by atoms with Gasteiger partial charge in [0, 0.05) is 12.1 Å². The van der Waals surface area contributed by atoms with Crippen LogP contribution in [0.2, 0.25) is 0 Å². The maximum absolute atomic E-state index is 11.7. The number of benzene rings is 1. The van der Waals surface area contributed by atoms with E-state index in [2.05, 4.69) is 10.1 Å². The quantitative estimate of drug-likeness (QED) is 0.299. The molecule has 0 fully saturated rings. The molecule has 9 nitrogen and oxygen atoms in total. The monoisotopic (exact) mass is 394 g/mol. The molecule has 138 valence electrons. The molecular weight excluding hydrogens is 379 g/mol. The van der Waals surface area contributed by atoms with Crippen LogP contribution in [-0.2, 0) is 14.3 Å². The molecule has 11 heteroatoms. The van der Waals surface area contributed by atoms with E-state index in [1.165, 1.54) is 24.3 Å². The van der Waals surface area contributed by atoms with Crippen LogP contribution >= 0.6 is 23.2 Å². The number of non-ortho nitro benzene ring substituents is 1. The van der Waals surface area contributed by atoms with Crippen molar-refractivity contribution in [2.45, 2.75) is 23.9 Å². The van der Waals surface area contributed by atoms with Crippen LogP contribution in [0.4, 0.5) is 10.5 Å². The molecule has 0 saturated carbocycles. The number of hydrogen-bond acceptors (Lipinski definition) is 7. The van der Waals surface area contributed by atoms with Gasteiger partial charge >= 0.3 is 6.16 Å². The first-order chi connectivity index (χ1) is 11.8. The van der Waals surface area contributed by atoms with Crippen LogP contribution in [0.25, 0.3) is 0 Å². The van der Waals surface area contributed by atoms with Crippen molar-refractivity contribution >= 4 is 41.0 Å². The van der Waals surface area contributed by atoms with Gasteiger partial charge in [0.1, 0.15) is 12.7 Å². The Bertz CT molecular complexity index is 610. The number of carbonyl (C=O) groups excluding carboxylic acids is 2. The van der Waals surface area contributed by atoms with E-state index in [1.54, 1.807) is 6.92 Å². The van der Waals surface area contributed by atoms with Crippen LogP contribution < -0.4 is 5.32 Å². The number of carbonyl (C=O) groups is 2. The molecule has 0 radical (unpaired) electrons. The molecule has 0 aliphatic carbocycles. The van der Waals surface area contributed by atoms with E-state index < -0.39 is 40.6 Å². The lowest BCUT2D eigenvalue weighted by atomic mass is 10.0. The summed E-state index contributed by atoms with van der Waals surface area (Å²) >= 11 is 10.9. The Morgan fingerprint density at radius 1 is 1.28 bits per heavy atom. The van der Waals surface area contributed by atoms with Gasteiger partial charge < -0.3 is 19.9 Å². The fourth-order valence-corrected chi connectivity index (χ4v) is 1.93. The highest BCUT2D eigenvalue weighted by molar-refractivity contribution is 6.53. The predicted molar refractivity (Wildman–Crippen MR) is 88.5 cm³/mol. The predicted octanol–water partition coefficient (Wildman–Crippen LogP) is 2.09. The minimum Gasteiger partial charge on any atom is -0.435 e. The van der Waals surface area contributed by atoms with Crippen molar-refractivity contribution in [2.75, 3.05) is 13.2 Å². The Hall–Kier alpha value is -2.10. The van der Waals surface area contributed by atoms with Crippen molar-refractivity contribution in [1.29, 1.82) is 0 Å². The van der Waals surface area contributed by atoms with E-state index in [1.807, 2.05) is 0 Å². The van der Waals surface area contributed by atoms with Crippen molar-refractivity contribution in [3.05, 3.63) is 39.9 Å². The van der Waals surface area contributed by atoms with E-state index in [9.17, 15) is 24.8 Å². The van der Waals surface area contributed by atoms with Crippen molar-refractivity contribution in [3.8, 4) is 0 Å². The number of nitro groups is 1. The number of halogens is 2. The number of amides is 1. The molecule has 0 heterocycles. The Morgan fingerprint density at radius 3 is 2.36 bits per heavy atom. The fourth-order valence-electron chi connectivity index (χ4n) is 1.80. The summed E-state index contributed by atoms with van der Waals surface area (Å²) in [5.41, 5.74) is 0.0879. The maximum Gasteiger partial charge on any atom is 0.508 e. The summed E-state index contributed by atoms with van der Waals surface area (Å²) < 4.78 is 9.39. The Balaban J connectivity index is 2.89. The van der Waals surface area contributed by atoms with Crippen LogP contribution in [0, 0.1) is 10.1 Å². The van der Waals surface area contributed by atoms with Gasteiger partial charge in [-0.25, -0.2) is 4.79 Å². The minimum atomic E-state index is -1.39. The van der Waals surface area contributed by atoms with Crippen molar-refractivity contribution in [3.63, 3.8) is 0 Å². The second-order valence-electron chi connectivity index (χ2n) is 4.70. The number of nitro benzene ring substituents is 1. The first-order valence-electron chi connectivity index (χ1n) is 7.06.